The van der Waals surface area contributed by atoms with Gasteiger partial charge in [-0.05, 0) is 55.2 Å². The van der Waals surface area contributed by atoms with E-state index in [4.69, 9.17) is 14.2 Å². The molecule has 2 aromatic rings. The van der Waals surface area contributed by atoms with Gasteiger partial charge in [0.25, 0.3) is 5.91 Å². The molecule has 0 atom stereocenters. The minimum absolute atomic E-state index is 0.0883. The minimum atomic E-state index is -3.72. The standard InChI is InChI=1S/C26H33N3O7S/c1-34-23-9-7-19(15-24(23)35-2)11-12-27-25(30)17-29-21-16-20(8-10-22(21)36-18-26(29)31)37(32,33)28-13-5-3-4-6-14-28/h7-10,15-16H,3-6,11-14,17-18H2,1-2H3,(H,27,30). The normalized spacial score (nSPS) is 16.4. The number of methoxy groups -OCH3 is 2. The van der Waals surface area contributed by atoms with E-state index in [1.807, 2.05) is 12.1 Å². The Morgan fingerprint density at radius 2 is 1.73 bits per heavy atom. The minimum Gasteiger partial charge on any atom is -0.493 e. The summed E-state index contributed by atoms with van der Waals surface area (Å²) in [5, 5.41) is 2.83. The molecule has 0 spiro atoms. The highest BCUT2D eigenvalue weighted by molar-refractivity contribution is 7.89. The summed E-state index contributed by atoms with van der Waals surface area (Å²) in [7, 11) is -0.598. The van der Waals surface area contributed by atoms with Crippen LogP contribution in [-0.4, -0.2) is 71.5 Å². The van der Waals surface area contributed by atoms with E-state index in [1.54, 1.807) is 26.4 Å². The lowest BCUT2D eigenvalue weighted by Crippen LogP contribution is -2.45. The molecular weight excluding hydrogens is 498 g/mol. The zero-order valence-electron chi connectivity index (χ0n) is 21.2. The first-order valence-electron chi connectivity index (χ1n) is 12.4. The molecule has 2 aromatic carbocycles. The maximum absolute atomic E-state index is 13.3. The topological polar surface area (TPSA) is 114 Å². The molecule has 0 bridgehead atoms. The average molecular weight is 532 g/mol. The van der Waals surface area contributed by atoms with Gasteiger partial charge in [-0.3, -0.25) is 14.5 Å². The number of carbonyl (C=O) groups excluding carboxylic acids is 2. The second kappa shape index (κ2) is 11.8. The van der Waals surface area contributed by atoms with Crippen LogP contribution < -0.4 is 24.4 Å². The van der Waals surface area contributed by atoms with Gasteiger partial charge in [0.1, 0.15) is 12.3 Å². The predicted molar refractivity (Wildman–Crippen MR) is 138 cm³/mol. The van der Waals surface area contributed by atoms with Crippen LogP contribution in [0.25, 0.3) is 0 Å². The van der Waals surface area contributed by atoms with Gasteiger partial charge in [-0.15, -0.1) is 0 Å². The zero-order valence-corrected chi connectivity index (χ0v) is 22.0. The van der Waals surface area contributed by atoms with Crippen molar-refractivity contribution >= 4 is 27.5 Å². The van der Waals surface area contributed by atoms with Crippen LogP contribution in [-0.2, 0) is 26.0 Å². The van der Waals surface area contributed by atoms with Gasteiger partial charge < -0.3 is 19.5 Å². The van der Waals surface area contributed by atoms with Crippen LogP contribution in [0.2, 0.25) is 0 Å². The molecule has 0 aromatic heterocycles. The summed E-state index contributed by atoms with van der Waals surface area (Å²) in [5.41, 5.74) is 1.23. The largest absolute Gasteiger partial charge is 0.493 e. The highest BCUT2D eigenvalue weighted by Gasteiger charge is 2.31. The number of anilines is 1. The van der Waals surface area contributed by atoms with Crippen LogP contribution in [0.1, 0.15) is 31.2 Å². The van der Waals surface area contributed by atoms with E-state index >= 15 is 0 Å². The van der Waals surface area contributed by atoms with Crippen molar-refractivity contribution in [3.05, 3.63) is 42.0 Å². The smallest absolute Gasteiger partial charge is 0.265 e. The van der Waals surface area contributed by atoms with Gasteiger partial charge in [-0.2, -0.15) is 4.31 Å². The molecule has 11 heteroatoms. The van der Waals surface area contributed by atoms with Crippen molar-refractivity contribution in [3.63, 3.8) is 0 Å². The molecule has 2 aliphatic rings. The van der Waals surface area contributed by atoms with Crippen molar-refractivity contribution in [1.29, 1.82) is 0 Å². The first-order chi connectivity index (χ1) is 17.8. The summed E-state index contributed by atoms with van der Waals surface area (Å²) in [6.07, 6.45) is 4.21. The molecule has 1 N–H and O–H groups in total. The molecule has 2 aliphatic heterocycles. The molecule has 0 aliphatic carbocycles. The molecule has 0 saturated carbocycles. The summed E-state index contributed by atoms with van der Waals surface area (Å²) in [6, 6.07) is 10.0. The van der Waals surface area contributed by atoms with Crippen LogP contribution in [0.15, 0.2) is 41.3 Å². The van der Waals surface area contributed by atoms with Gasteiger partial charge in [-0.1, -0.05) is 18.9 Å². The Hall–Kier alpha value is -3.31. The first kappa shape index (κ1) is 26.7. The Balaban J connectivity index is 1.44. The summed E-state index contributed by atoms with van der Waals surface area (Å²) in [5.74, 6) is 0.826. The third kappa shape index (κ3) is 6.16. The predicted octanol–water partition coefficient (Wildman–Crippen LogP) is 2.35. The van der Waals surface area contributed by atoms with E-state index in [1.165, 1.54) is 21.3 Å². The van der Waals surface area contributed by atoms with Crippen LogP contribution in [0.4, 0.5) is 5.69 Å². The van der Waals surface area contributed by atoms with E-state index in [2.05, 4.69) is 5.32 Å². The van der Waals surface area contributed by atoms with Gasteiger partial charge in [0.05, 0.1) is 24.8 Å². The van der Waals surface area contributed by atoms with Crippen molar-refractivity contribution in [2.45, 2.75) is 37.0 Å². The van der Waals surface area contributed by atoms with E-state index in [9.17, 15) is 18.0 Å². The Morgan fingerprint density at radius 3 is 2.43 bits per heavy atom. The molecule has 10 nitrogen and oxygen atoms in total. The van der Waals surface area contributed by atoms with Crippen molar-refractivity contribution in [3.8, 4) is 17.2 Å². The Labute approximate surface area is 217 Å². The fourth-order valence-corrected chi connectivity index (χ4v) is 6.07. The highest BCUT2D eigenvalue weighted by Crippen LogP contribution is 2.35. The Bertz CT molecular complexity index is 1240. The molecule has 2 heterocycles. The monoisotopic (exact) mass is 531 g/mol. The Kier molecular flexibility index (Phi) is 8.55. The molecule has 0 radical (unpaired) electrons. The molecule has 37 heavy (non-hydrogen) atoms. The average Bonchev–Trinajstić information content (AvgIpc) is 3.20. The van der Waals surface area contributed by atoms with Gasteiger partial charge in [-0.25, -0.2) is 8.42 Å². The van der Waals surface area contributed by atoms with Crippen molar-refractivity contribution in [2.75, 3.05) is 51.9 Å². The van der Waals surface area contributed by atoms with E-state index in [-0.39, 0.29) is 29.6 Å². The summed E-state index contributed by atoms with van der Waals surface area (Å²) in [4.78, 5) is 26.8. The number of hydrogen-bond acceptors (Lipinski definition) is 7. The quantitative estimate of drug-likeness (QED) is 0.528. The van der Waals surface area contributed by atoms with Crippen LogP contribution in [0, 0.1) is 0 Å². The number of nitrogens with zero attached hydrogens (tertiary/aromatic N) is 2. The molecule has 4 rings (SSSR count). The number of carbonyl (C=O) groups is 2. The highest BCUT2D eigenvalue weighted by atomic mass is 32.2. The zero-order chi connectivity index (χ0) is 26.4. The molecule has 1 saturated heterocycles. The molecule has 1 fully saturated rings. The molecule has 0 unspecified atom stereocenters. The van der Waals surface area contributed by atoms with Gasteiger partial charge in [0, 0.05) is 19.6 Å². The van der Waals surface area contributed by atoms with E-state index < -0.39 is 15.9 Å². The fraction of sp³-hybridized carbons (Fsp3) is 0.462. The SMILES string of the molecule is COc1ccc(CCNC(=O)CN2C(=O)COc3ccc(S(=O)(=O)N4CCCCCC4)cc32)cc1OC. The van der Waals surface area contributed by atoms with Crippen molar-refractivity contribution in [1.82, 2.24) is 9.62 Å². The third-order valence-electron chi connectivity index (χ3n) is 6.56. The van der Waals surface area contributed by atoms with Gasteiger partial charge in [0.15, 0.2) is 18.1 Å². The second-order valence-electron chi connectivity index (χ2n) is 9.01. The summed E-state index contributed by atoms with van der Waals surface area (Å²) in [6.45, 7) is 0.837. The van der Waals surface area contributed by atoms with Gasteiger partial charge >= 0.3 is 0 Å². The summed E-state index contributed by atoms with van der Waals surface area (Å²) >= 11 is 0. The molecule has 200 valence electrons. The van der Waals surface area contributed by atoms with Crippen LogP contribution >= 0.6 is 0 Å². The van der Waals surface area contributed by atoms with Crippen molar-refractivity contribution < 1.29 is 32.2 Å². The van der Waals surface area contributed by atoms with Gasteiger partial charge in [0.2, 0.25) is 15.9 Å². The number of sulfonamides is 1. The van der Waals surface area contributed by atoms with E-state index in [0.717, 1.165) is 31.2 Å². The second-order valence-corrected chi connectivity index (χ2v) is 10.9. The number of amides is 2. The number of rotatable bonds is 9. The lowest BCUT2D eigenvalue weighted by molar-refractivity contribution is -0.125. The van der Waals surface area contributed by atoms with Crippen LogP contribution in [0.3, 0.4) is 0 Å². The lowest BCUT2D eigenvalue weighted by Gasteiger charge is -2.30. The lowest BCUT2D eigenvalue weighted by atomic mass is 10.1. The van der Waals surface area contributed by atoms with E-state index in [0.29, 0.717) is 43.3 Å². The number of nitrogens with one attached hydrogen (secondary N) is 1. The summed E-state index contributed by atoms with van der Waals surface area (Å²) < 4.78 is 44.1. The maximum Gasteiger partial charge on any atom is 0.265 e. The van der Waals surface area contributed by atoms with Crippen molar-refractivity contribution in [2.24, 2.45) is 0 Å². The number of fused-ring (bicyclic) bond motifs is 1. The number of hydrogen-bond donors (Lipinski definition) is 1. The third-order valence-corrected chi connectivity index (χ3v) is 8.46. The molecular formula is C26H33N3O7S. The molecule has 2 amide bonds. The maximum atomic E-state index is 13.3. The first-order valence-corrected chi connectivity index (χ1v) is 13.8. The Morgan fingerprint density at radius 1 is 1.00 bits per heavy atom. The van der Waals surface area contributed by atoms with Crippen LogP contribution in [0.5, 0.6) is 17.2 Å². The number of benzene rings is 2. The number of ether oxygens (including phenoxy) is 3. The fourth-order valence-electron chi connectivity index (χ4n) is 4.53.